The summed E-state index contributed by atoms with van der Waals surface area (Å²) in [6.07, 6.45) is 0. The van der Waals surface area contributed by atoms with Crippen molar-refractivity contribution < 1.29 is 19.1 Å². The predicted octanol–water partition coefficient (Wildman–Crippen LogP) is 3.78. The number of hydrogen-bond donors (Lipinski definition) is 2. The average molecular weight is 374 g/mol. The van der Waals surface area contributed by atoms with Gasteiger partial charge in [0.25, 0.3) is 0 Å². The van der Waals surface area contributed by atoms with Crippen LogP contribution in [0.2, 0.25) is 0 Å². The van der Waals surface area contributed by atoms with E-state index in [0.29, 0.717) is 22.9 Å². The van der Waals surface area contributed by atoms with Gasteiger partial charge in [-0.25, -0.2) is 0 Å². The first-order chi connectivity index (χ1) is 12.4. The quantitative estimate of drug-likeness (QED) is 0.721. The molecule has 0 radical (unpaired) electrons. The molecule has 0 spiro atoms. The molecule has 26 heavy (non-hydrogen) atoms. The predicted molar refractivity (Wildman–Crippen MR) is 104 cm³/mol. The Balaban J connectivity index is 2.07. The number of carbonyl (C=O) groups excluding carboxylic acids is 2. The molecule has 1 unspecified atom stereocenters. The van der Waals surface area contributed by atoms with Gasteiger partial charge in [0.2, 0.25) is 11.8 Å². The minimum atomic E-state index is -0.349. The van der Waals surface area contributed by atoms with Crippen LogP contribution in [0.3, 0.4) is 0 Å². The summed E-state index contributed by atoms with van der Waals surface area (Å²) in [6, 6.07) is 12.6. The molecule has 0 saturated carbocycles. The van der Waals surface area contributed by atoms with Crippen molar-refractivity contribution >= 4 is 35.0 Å². The van der Waals surface area contributed by atoms with Crippen molar-refractivity contribution in [1.82, 2.24) is 0 Å². The zero-order valence-electron chi connectivity index (χ0n) is 15.2. The van der Waals surface area contributed by atoms with Gasteiger partial charge in [0.15, 0.2) is 0 Å². The van der Waals surface area contributed by atoms with Crippen molar-refractivity contribution in [1.29, 1.82) is 0 Å². The number of carbonyl (C=O) groups is 2. The molecule has 0 aliphatic carbocycles. The monoisotopic (exact) mass is 374 g/mol. The first kappa shape index (κ1) is 19.7. The van der Waals surface area contributed by atoms with E-state index in [4.69, 9.17) is 9.47 Å². The van der Waals surface area contributed by atoms with Crippen LogP contribution in [0.25, 0.3) is 0 Å². The summed E-state index contributed by atoms with van der Waals surface area (Å²) >= 11 is 1.40. The second-order valence-electron chi connectivity index (χ2n) is 5.52. The smallest absolute Gasteiger partial charge is 0.237 e. The Hall–Kier alpha value is -2.67. The van der Waals surface area contributed by atoms with Gasteiger partial charge in [-0.3, -0.25) is 9.59 Å². The summed E-state index contributed by atoms with van der Waals surface area (Å²) in [5.41, 5.74) is 1.25. The average Bonchev–Trinajstić information content (AvgIpc) is 2.61. The van der Waals surface area contributed by atoms with Crippen LogP contribution in [-0.4, -0.2) is 31.3 Å². The highest BCUT2D eigenvalue weighted by Gasteiger charge is 2.17. The number of amides is 2. The van der Waals surface area contributed by atoms with Crippen molar-refractivity contribution in [2.24, 2.45) is 0 Å². The van der Waals surface area contributed by atoms with Gasteiger partial charge < -0.3 is 20.1 Å². The van der Waals surface area contributed by atoms with E-state index in [1.54, 1.807) is 38.5 Å². The van der Waals surface area contributed by atoms with E-state index in [1.807, 2.05) is 25.1 Å². The maximum absolute atomic E-state index is 12.5. The minimum absolute atomic E-state index is 0.136. The molecule has 2 aromatic rings. The molecule has 0 bridgehead atoms. The SMILES string of the molecule is COc1ccc(OC)c(NC(=O)C(C)Sc2cccc(NC(C)=O)c2)c1. The van der Waals surface area contributed by atoms with Gasteiger partial charge >= 0.3 is 0 Å². The minimum Gasteiger partial charge on any atom is -0.497 e. The Morgan fingerprint density at radius 2 is 1.81 bits per heavy atom. The van der Waals surface area contributed by atoms with Crippen LogP contribution in [0.1, 0.15) is 13.8 Å². The van der Waals surface area contributed by atoms with Gasteiger partial charge in [0.1, 0.15) is 11.5 Å². The molecule has 0 aromatic heterocycles. The molecule has 138 valence electrons. The number of ether oxygens (including phenoxy) is 2. The second kappa shape index (κ2) is 9.15. The Labute approximate surface area is 157 Å². The van der Waals surface area contributed by atoms with E-state index in [9.17, 15) is 9.59 Å². The molecule has 2 aromatic carbocycles. The number of nitrogens with one attached hydrogen (secondary N) is 2. The van der Waals surface area contributed by atoms with Crippen LogP contribution in [0.15, 0.2) is 47.4 Å². The van der Waals surface area contributed by atoms with E-state index < -0.39 is 0 Å². The van der Waals surface area contributed by atoms with Crippen LogP contribution >= 0.6 is 11.8 Å². The lowest BCUT2D eigenvalue weighted by Crippen LogP contribution is -2.22. The maximum Gasteiger partial charge on any atom is 0.237 e. The molecule has 0 fully saturated rings. The molecule has 0 saturated heterocycles. The van der Waals surface area contributed by atoms with Gasteiger partial charge in [-0.2, -0.15) is 0 Å². The number of thioether (sulfide) groups is 1. The molecule has 2 amide bonds. The molecular formula is C19H22N2O4S. The van der Waals surface area contributed by atoms with E-state index in [2.05, 4.69) is 10.6 Å². The molecular weight excluding hydrogens is 352 g/mol. The third-order valence-corrected chi connectivity index (χ3v) is 4.59. The van der Waals surface area contributed by atoms with Gasteiger partial charge in [-0.1, -0.05) is 6.07 Å². The molecule has 0 aliphatic rings. The Kier molecular flexibility index (Phi) is 6.91. The molecule has 0 aliphatic heterocycles. The number of rotatable bonds is 7. The number of benzene rings is 2. The second-order valence-corrected chi connectivity index (χ2v) is 6.94. The number of hydrogen-bond acceptors (Lipinski definition) is 5. The van der Waals surface area contributed by atoms with Crippen molar-refractivity contribution in [3.8, 4) is 11.5 Å². The Bertz CT molecular complexity index is 795. The third-order valence-electron chi connectivity index (χ3n) is 3.50. The van der Waals surface area contributed by atoms with Gasteiger partial charge in [-0.15, -0.1) is 11.8 Å². The number of anilines is 2. The summed E-state index contributed by atoms with van der Waals surface area (Å²) in [7, 11) is 3.11. The van der Waals surface area contributed by atoms with Crippen molar-refractivity contribution in [2.45, 2.75) is 24.0 Å². The topological polar surface area (TPSA) is 76.7 Å². The van der Waals surface area contributed by atoms with Gasteiger partial charge in [-0.05, 0) is 37.3 Å². The standard InChI is InChI=1S/C19H22N2O4S/c1-12(26-16-7-5-6-14(10-16)20-13(2)22)19(23)21-17-11-15(24-3)8-9-18(17)25-4/h5-12H,1-4H3,(H,20,22)(H,21,23). The van der Waals surface area contributed by atoms with E-state index in [0.717, 1.165) is 4.90 Å². The third kappa shape index (κ3) is 5.42. The van der Waals surface area contributed by atoms with Crippen LogP contribution < -0.4 is 20.1 Å². The summed E-state index contributed by atoms with van der Waals surface area (Å²) in [5, 5.41) is 5.25. The largest absolute Gasteiger partial charge is 0.497 e. The lowest BCUT2D eigenvalue weighted by molar-refractivity contribution is -0.115. The summed E-state index contributed by atoms with van der Waals surface area (Å²) in [5.74, 6) is 0.892. The molecule has 2 rings (SSSR count). The maximum atomic E-state index is 12.5. The van der Waals surface area contributed by atoms with Crippen LogP contribution in [0.4, 0.5) is 11.4 Å². The highest BCUT2D eigenvalue weighted by atomic mass is 32.2. The molecule has 6 nitrogen and oxygen atoms in total. The van der Waals surface area contributed by atoms with E-state index in [1.165, 1.54) is 18.7 Å². The van der Waals surface area contributed by atoms with Crippen molar-refractivity contribution in [3.05, 3.63) is 42.5 Å². The lowest BCUT2D eigenvalue weighted by Gasteiger charge is -2.15. The van der Waals surface area contributed by atoms with Crippen LogP contribution in [0.5, 0.6) is 11.5 Å². The molecule has 1 atom stereocenters. The molecule has 7 heteroatoms. The summed E-state index contributed by atoms with van der Waals surface area (Å²) in [6.45, 7) is 3.27. The van der Waals surface area contributed by atoms with Crippen molar-refractivity contribution in [3.63, 3.8) is 0 Å². The fraction of sp³-hybridized carbons (Fsp3) is 0.263. The highest BCUT2D eigenvalue weighted by Crippen LogP contribution is 2.31. The Morgan fingerprint density at radius 1 is 1.04 bits per heavy atom. The van der Waals surface area contributed by atoms with Crippen molar-refractivity contribution in [2.75, 3.05) is 24.9 Å². The Morgan fingerprint density at radius 3 is 2.46 bits per heavy atom. The molecule has 2 N–H and O–H groups in total. The summed E-state index contributed by atoms with van der Waals surface area (Å²) in [4.78, 5) is 24.6. The fourth-order valence-electron chi connectivity index (χ4n) is 2.25. The van der Waals surface area contributed by atoms with E-state index >= 15 is 0 Å². The fourth-order valence-corrected chi connectivity index (χ4v) is 3.18. The normalized spacial score (nSPS) is 11.4. The van der Waals surface area contributed by atoms with Gasteiger partial charge in [0.05, 0.1) is 25.2 Å². The van der Waals surface area contributed by atoms with E-state index in [-0.39, 0.29) is 17.1 Å². The van der Waals surface area contributed by atoms with Crippen LogP contribution in [0, 0.1) is 0 Å². The number of methoxy groups -OCH3 is 2. The first-order valence-electron chi connectivity index (χ1n) is 8.00. The molecule has 0 heterocycles. The van der Waals surface area contributed by atoms with Gasteiger partial charge in [0, 0.05) is 23.6 Å². The highest BCUT2D eigenvalue weighted by molar-refractivity contribution is 8.00. The first-order valence-corrected chi connectivity index (χ1v) is 8.88. The zero-order valence-corrected chi connectivity index (χ0v) is 16.0. The zero-order chi connectivity index (χ0) is 19.1. The van der Waals surface area contributed by atoms with Crippen LogP contribution in [-0.2, 0) is 9.59 Å². The lowest BCUT2D eigenvalue weighted by atomic mass is 10.2. The summed E-state index contributed by atoms with van der Waals surface area (Å²) < 4.78 is 10.5.